The van der Waals surface area contributed by atoms with Gasteiger partial charge in [-0.2, -0.15) is 0 Å². The standard InChI is InChI=1S/C35H20N2S2/c1-2-10-21(11-3-1)26-20-30-32(25-15-7-9-17-29(25)38-30)34-33(26)36-35(39-34)37-27-16-8-6-14-24(27)31-23-13-5-4-12-22(23)18-19-28(31)37/h1-20H. The fourth-order valence-corrected chi connectivity index (χ4v) is 8.54. The number of hydrogen-bond acceptors (Lipinski definition) is 3. The van der Waals surface area contributed by atoms with Crippen LogP contribution in [-0.2, 0) is 0 Å². The number of thiophene rings is 1. The van der Waals surface area contributed by atoms with Crippen molar-refractivity contribution in [2.24, 2.45) is 0 Å². The molecule has 0 N–H and O–H groups in total. The predicted molar refractivity (Wildman–Crippen MR) is 170 cm³/mol. The summed E-state index contributed by atoms with van der Waals surface area (Å²) in [5.74, 6) is 0. The molecule has 4 heteroatoms. The Morgan fingerprint density at radius 3 is 2.18 bits per heavy atom. The van der Waals surface area contributed by atoms with Crippen molar-refractivity contribution in [2.75, 3.05) is 0 Å². The largest absolute Gasteiger partial charge is 0.285 e. The van der Waals surface area contributed by atoms with Crippen molar-refractivity contribution in [3.05, 3.63) is 121 Å². The third kappa shape index (κ3) is 2.98. The van der Waals surface area contributed by atoms with Crippen LogP contribution >= 0.6 is 22.7 Å². The Morgan fingerprint density at radius 2 is 1.28 bits per heavy atom. The van der Waals surface area contributed by atoms with E-state index in [-0.39, 0.29) is 0 Å². The second kappa shape index (κ2) is 8.00. The third-order valence-electron chi connectivity index (χ3n) is 7.83. The fraction of sp³-hybridized carbons (Fsp3) is 0. The summed E-state index contributed by atoms with van der Waals surface area (Å²) >= 11 is 3.68. The maximum absolute atomic E-state index is 5.43. The van der Waals surface area contributed by atoms with Gasteiger partial charge in [0.15, 0.2) is 5.13 Å². The second-order valence-corrected chi connectivity index (χ2v) is 12.0. The minimum atomic E-state index is 1.01. The zero-order valence-electron chi connectivity index (χ0n) is 20.8. The molecular formula is C35H20N2S2. The van der Waals surface area contributed by atoms with Crippen molar-refractivity contribution in [3.8, 4) is 16.3 Å². The van der Waals surface area contributed by atoms with E-state index >= 15 is 0 Å². The summed E-state index contributed by atoms with van der Waals surface area (Å²) in [5.41, 5.74) is 5.85. The molecule has 0 aliphatic rings. The fourth-order valence-electron chi connectivity index (χ4n) is 6.14. The first-order chi connectivity index (χ1) is 19.3. The molecule has 0 unspecified atom stereocenters. The van der Waals surface area contributed by atoms with Crippen LogP contribution in [0.25, 0.3) is 79.2 Å². The lowest BCUT2D eigenvalue weighted by Crippen LogP contribution is -1.92. The lowest BCUT2D eigenvalue weighted by molar-refractivity contribution is 1.15. The quantitative estimate of drug-likeness (QED) is 0.216. The molecule has 3 aromatic heterocycles. The van der Waals surface area contributed by atoms with Crippen molar-refractivity contribution < 1.29 is 0 Å². The molecule has 39 heavy (non-hydrogen) atoms. The molecule has 182 valence electrons. The van der Waals surface area contributed by atoms with Gasteiger partial charge in [0.1, 0.15) is 0 Å². The van der Waals surface area contributed by atoms with Crippen molar-refractivity contribution in [1.82, 2.24) is 9.55 Å². The minimum absolute atomic E-state index is 1.01. The third-order valence-corrected chi connectivity index (χ3v) is 10.0. The minimum Gasteiger partial charge on any atom is -0.285 e. The van der Waals surface area contributed by atoms with Gasteiger partial charge in [0.05, 0.1) is 21.3 Å². The lowest BCUT2D eigenvalue weighted by Gasteiger charge is -2.05. The molecule has 3 heterocycles. The van der Waals surface area contributed by atoms with Gasteiger partial charge in [0.25, 0.3) is 0 Å². The van der Waals surface area contributed by atoms with Crippen molar-refractivity contribution in [2.45, 2.75) is 0 Å². The molecule has 0 atom stereocenters. The van der Waals surface area contributed by atoms with E-state index < -0.39 is 0 Å². The van der Waals surface area contributed by atoms with Crippen molar-refractivity contribution in [1.29, 1.82) is 0 Å². The van der Waals surface area contributed by atoms with Gasteiger partial charge in [-0.3, -0.25) is 4.57 Å². The topological polar surface area (TPSA) is 17.8 Å². The predicted octanol–water partition coefficient (Wildman–Crippen LogP) is 10.6. The van der Waals surface area contributed by atoms with Gasteiger partial charge in [-0.05, 0) is 40.6 Å². The number of benzene rings is 6. The molecule has 6 aromatic carbocycles. The number of thiazole rings is 1. The highest BCUT2D eigenvalue weighted by molar-refractivity contribution is 7.28. The maximum atomic E-state index is 5.43. The van der Waals surface area contributed by atoms with Gasteiger partial charge < -0.3 is 0 Å². The van der Waals surface area contributed by atoms with E-state index in [2.05, 4.69) is 126 Å². The van der Waals surface area contributed by atoms with Crippen LogP contribution in [0, 0.1) is 0 Å². The molecule has 9 rings (SSSR count). The molecule has 0 radical (unpaired) electrons. The van der Waals surface area contributed by atoms with E-state index in [0.717, 1.165) is 10.6 Å². The van der Waals surface area contributed by atoms with Crippen LogP contribution in [0.2, 0.25) is 0 Å². The van der Waals surface area contributed by atoms with Crippen LogP contribution in [-0.4, -0.2) is 9.55 Å². The summed E-state index contributed by atoms with van der Waals surface area (Å²) < 4.78 is 6.26. The van der Waals surface area contributed by atoms with E-state index in [4.69, 9.17) is 4.98 Å². The number of aromatic nitrogens is 2. The van der Waals surface area contributed by atoms with E-state index in [1.165, 1.54) is 68.6 Å². The highest BCUT2D eigenvalue weighted by Crippen LogP contribution is 2.46. The Morgan fingerprint density at radius 1 is 0.538 bits per heavy atom. The first kappa shape index (κ1) is 21.4. The van der Waals surface area contributed by atoms with Crippen LogP contribution in [0.4, 0.5) is 0 Å². The summed E-state index contributed by atoms with van der Waals surface area (Å²) in [7, 11) is 0. The van der Waals surface area contributed by atoms with E-state index in [1.54, 1.807) is 11.3 Å². The molecule has 0 aliphatic heterocycles. The van der Waals surface area contributed by atoms with E-state index in [0.29, 0.717) is 0 Å². The van der Waals surface area contributed by atoms with E-state index in [9.17, 15) is 0 Å². The Labute approximate surface area is 232 Å². The van der Waals surface area contributed by atoms with Gasteiger partial charge >= 0.3 is 0 Å². The molecule has 0 saturated carbocycles. The molecule has 0 fully saturated rings. The monoisotopic (exact) mass is 532 g/mol. The van der Waals surface area contributed by atoms with Crippen molar-refractivity contribution in [3.63, 3.8) is 0 Å². The molecule has 2 nitrogen and oxygen atoms in total. The van der Waals surface area contributed by atoms with Crippen LogP contribution in [0.15, 0.2) is 121 Å². The average molecular weight is 533 g/mol. The first-order valence-electron chi connectivity index (χ1n) is 13.1. The van der Waals surface area contributed by atoms with Crippen molar-refractivity contribution >= 4 is 85.6 Å². The molecule has 0 spiro atoms. The Balaban J connectivity index is 1.46. The number of nitrogens with zero attached hydrogens (tertiary/aromatic N) is 2. The van der Waals surface area contributed by atoms with Gasteiger partial charge in [0, 0.05) is 36.5 Å². The van der Waals surface area contributed by atoms with Gasteiger partial charge in [-0.1, -0.05) is 108 Å². The maximum Gasteiger partial charge on any atom is 0.195 e. The number of hydrogen-bond donors (Lipinski definition) is 0. The molecule has 9 aromatic rings. The Hall–Kier alpha value is -4.51. The van der Waals surface area contributed by atoms with Crippen LogP contribution in [0.5, 0.6) is 0 Å². The number of para-hydroxylation sites is 1. The molecule has 0 saturated heterocycles. The van der Waals surface area contributed by atoms with Crippen LogP contribution in [0.1, 0.15) is 0 Å². The zero-order chi connectivity index (χ0) is 25.5. The number of rotatable bonds is 2. The Bertz CT molecular complexity index is 2390. The molecule has 0 aliphatic carbocycles. The SMILES string of the molecule is c1ccc(-c2cc3sc4ccccc4c3c3sc(-n4c5ccccc5c5c6ccccc6ccc54)nc23)cc1. The highest BCUT2D eigenvalue weighted by Gasteiger charge is 2.21. The van der Waals surface area contributed by atoms with Crippen LogP contribution < -0.4 is 0 Å². The van der Waals surface area contributed by atoms with Gasteiger partial charge in [0.2, 0.25) is 0 Å². The summed E-state index contributed by atoms with van der Waals surface area (Å²) in [5, 5.41) is 8.73. The van der Waals surface area contributed by atoms with Crippen LogP contribution in [0.3, 0.4) is 0 Å². The van der Waals surface area contributed by atoms with Gasteiger partial charge in [-0.25, -0.2) is 4.98 Å². The summed E-state index contributed by atoms with van der Waals surface area (Å²) in [4.78, 5) is 5.43. The van der Waals surface area contributed by atoms with Gasteiger partial charge in [-0.15, -0.1) is 11.3 Å². The lowest BCUT2D eigenvalue weighted by atomic mass is 10.0. The zero-order valence-corrected chi connectivity index (χ0v) is 22.4. The smallest absolute Gasteiger partial charge is 0.195 e. The summed E-state index contributed by atoms with van der Waals surface area (Å²) in [6.07, 6.45) is 0. The van der Waals surface area contributed by atoms with E-state index in [1.807, 2.05) is 11.3 Å². The molecule has 0 amide bonds. The highest BCUT2D eigenvalue weighted by atomic mass is 32.1. The summed E-state index contributed by atoms with van der Waals surface area (Å²) in [6, 6.07) is 43.7. The Kier molecular flexibility index (Phi) is 4.39. The summed E-state index contributed by atoms with van der Waals surface area (Å²) in [6.45, 7) is 0. The normalized spacial score (nSPS) is 12.1. The molecule has 0 bridgehead atoms. The number of fused-ring (bicyclic) bond motifs is 10. The molecular weight excluding hydrogens is 513 g/mol. The second-order valence-electron chi connectivity index (χ2n) is 9.97. The average Bonchev–Trinajstić information content (AvgIpc) is 3.68. The first-order valence-corrected chi connectivity index (χ1v) is 14.7.